The quantitative estimate of drug-likeness (QED) is 0.909. The number of hydrogen-bond acceptors (Lipinski definition) is 2. The molecule has 0 saturated heterocycles. The molecule has 0 aliphatic carbocycles. The molecule has 0 saturated carbocycles. The first-order valence-corrected chi connectivity index (χ1v) is 6.16. The second-order valence-electron chi connectivity index (χ2n) is 4.14. The van der Waals surface area contributed by atoms with Gasteiger partial charge < -0.3 is 9.84 Å². The van der Waals surface area contributed by atoms with Crippen LogP contribution in [0.15, 0.2) is 48.5 Å². The Morgan fingerprint density at radius 3 is 2.44 bits per heavy atom. The highest BCUT2D eigenvalue weighted by atomic mass is 35.5. The van der Waals surface area contributed by atoms with Gasteiger partial charge in [-0.1, -0.05) is 41.9 Å². The zero-order valence-corrected chi connectivity index (χ0v) is 10.9. The van der Waals surface area contributed by atoms with E-state index in [1.807, 2.05) is 31.2 Å². The maximum atomic E-state index is 10.00. The van der Waals surface area contributed by atoms with E-state index in [1.54, 1.807) is 24.3 Å². The van der Waals surface area contributed by atoms with Crippen LogP contribution in [0.3, 0.4) is 0 Å². The lowest BCUT2D eigenvalue weighted by Crippen LogP contribution is -2.10. The molecule has 2 aromatic rings. The van der Waals surface area contributed by atoms with E-state index in [0.717, 1.165) is 16.9 Å². The summed E-state index contributed by atoms with van der Waals surface area (Å²) >= 11 is 5.80. The van der Waals surface area contributed by atoms with E-state index >= 15 is 0 Å². The number of aryl methyl sites for hydroxylation is 1. The Morgan fingerprint density at radius 1 is 1.11 bits per heavy atom. The van der Waals surface area contributed by atoms with Crippen LogP contribution in [-0.2, 0) is 0 Å². The molecule has 0 heterocycles. The van der Waals surface area contributed by atoms with Gasteiger partial charge in [-0.3, -0.25) is 0 Å². The summed E-state index contributed by atoms with van der Waals surface area (Å²) in [7, 11) is 0. The van der Waals surface area contributed by atoms with E-state index in [0.29, 0.717) is 5.02 Å². The Bertz CT molecular complexity index is 508. The number of aliphatic hydroxyl groups excluding tert-OH is 1. The zero-order chi connectivity index (χ0) is 13.0. The van der Waals surface area contributed by atoms with Crippen molar-refractivity contribution in [2.45, 2.75) is 13.0 Å². The summed E-state index contributed by atoms with van der Waals surface area (Å²) in [5.41, 5.74) is 1.86. The Labute approximate surface area is 112 Å². The molecule has 18 heavy (non-hydrogen) atoms. The molecule has 0 radical (unpaired) electrons. The average Bonchev–Trinajstić information content (AvgIpc) is 2.38. The van der Waals surface area contributed by atoms with Crippen molar-refractivity contribution in [2.24, 2.45) is 0 Å². The summed E-state index contributed by atoms with van der Waals surface area (Å²) in [5.74, 6) is 0.797. The molecule has 94 valence electrons. The Morgan fingerprint density at radius 2 is 1.78 bits per heavy atom. The van der Waals surface area contributed by atoms with Crippen molar-refractivity contribution in [1.82, 2.24) is 0 Å². The highest BCUT2D eigenvalue weighted by Gasteiger charge is 2.09. The van der Waals surface area contributed by atoms with Gasteiger partial charge in [0.25, 0.3) is 0 Å². The Kier molecular flexibility index (Phi) is 4.24. The van der Waals surface area contributed by atoms with Crippen LogP contribution in [-0.4, -0.2) is 11.7 Å². The predicted molar refractivity (Wildman–Crippen MR) is 73.1 cm³/mol. The molecule has 0 aliphatic heterocycles. The molecule has 0 unspecified atom stereocenters. The van der Waals surface area contributed by atoms with E-state index in [4.69, 9.17) is 16.3 Å². The van der Waals surface area contributed by atoms with E-state index in [-0.39, 0.29) is 6.61 Å². The molecule has 0 aromatic heterocycles. The van der Waals surface area contributed by atoms with Crippen LogP contribution in [0, 0.1) is 6.92 Å². The number of hydrogen-bond donors (Lipinski definition) is 1. The molecule has 2 nitrogen and oxygen atoms in total. The molecule has 1 atom stereocenters. The minimum absolute atomic E-state index is 0.229. The largest absolute Gasteiger partial charge is 0.490 e. The number of halogens is 1. The van der Waals surface area contributed by atoms with Gasteiger partial charge in [0.15, 0.2) is 0 Å². The second-order valence-corrected chi connectivity index (χ2v) is 4.58. The van der Waals surface area contributed by atoms with Gasteiger partial charge in [-0.05, 0) is 36.2 Å². The fourth-order valence-corrected chi connectivity index (χ4v) is 1.79. The standard InChI is InChI=1S/C15H15ClO2/c1-11-4-2-3-5-15(11)18-10-14(17)12-6-8-13(16)9-7-12/h2-9,14,17H,10H2,1H3/t14-/m1/s1. The first kappa shape index (κ1) is 12.9. The van der Waals surface area contributed by atoms with Crippen LogP contribution < -0.4 is 4.74 Å². The smallest absolute Gasteiger partial charge is 0.122 e. The molecular weight excluding hydrogens is 248 g/mol. The monoisotopic (exact) mass is 262 g/mol. The molecular formula is C15H15ClO2. The maximum absolute atomic E-state index is 10.00. The first-order chi connectivity index (χ1) is 8.66. The average molecular weight is 263 g/mol. The van der Waals surface area contributed by atoms with Crippen molar-refractivity contribution in [3.8, 4) is 5.75 Å². The first-order valence-electron chi connectivity index (χ1n) is 5.79. The number of rotatable bonds is 4. The molecule has 2 rings (SSSR count). The predicted octanol–water partition coefficient (Wildman–Crippen LogP) is 3.76. The molecule has 0 fully saturated rings. The zero-order valence-electron chi connectivity index (χ0n) is 10.1. The lowest BCUT2D eigenvalue weighted by atomic mass is 10.1. The third-order valence-corrected chi connectivity index (χ3v) is 3.00. The van der Waals surface area contributed by atoms with Crippen LogP contribution in [0.1, 0.15) is 17.2 Å². The van der Waals surface area contributed by atoms with E-state index in [9.17, 15) is 5.11 Å². The Hall–Kier alpha value is -1.51. The van der Waals surface area contributed by atoms with Crippen LogP contribution in [0.5, 0.6) is 5.75 Å². The van der Waals surface area contributed by atoms with Gasteiger partial charge in [0.1, 0.15) is 18.5 Å². The molecule has 2 aromatic carbocycles. The number of aliphatic hydroxyl groups is 1. The fraction of sp³-hybridized carbons (Fsp3) is 0.200. The van der Waals surface area contributed by atoms with Gasteiger partial charge in [-0.2, -0.15) is 0 Å². The van der Waals surface area contributed by atoms with Crippen LogP contribution in [0.25, 0.3) is 0 Å². The van der Waals surface area contributed by atoms with Gasteiger partial charge in [-0.25, -0.2) is 0 Å². The minimum Gasteiger partial charge on any atom is -0.490 e. The number of benzene rings is 2. The summed E-state index contributed by atoms with van der Waals surface area (Å²) in [6, 6.07) is 14.9. The van der Waals surface area contributed by atoms with Gasteiger partial charge in [0, 0.05) is 5.02 Å². The lowest BCUT2D eigenvalue weighted by molar-refractivity contribution is 0.108. The van der Waals surface area contributed by atoms with Gasteiger partial charge >= 0.3 is 0 Å². The van der Waals surface area contributed by atoms with Crippen LogP contribution in [0.2, 0.25) is 5.02 Å². The number of para-hydroxylation sites is 1. The molecule has 0 aliphatic rings. The fourth-order valence-electron chi connectivity index (χ4n) is 1.67. The molecule has 3 heteroatoms. The third kappa shape index (κ3) is 3.25. The summed E-state index contributed by atoms with van der Waals surface area (Å²) in [5, 5.41) is 10.7. The summed E-state index contributed by atoms with van der Waals surface area (Å²) < 4.78 is 5.60. The van der Waals surface area contributed by atoms with Crippen molar-refractivity contribution >= 4 is 11.6 Å². The normalized spacial score (nSPS) is 12.2. The highest BCUT2D eigenvalue weighted by molar-refractivity contribution is 6.30. The summed E-state index contributed by atoms with van der Waals surface area (Å²) in [6.07, 6.45) is -0.651. The van der Waals surface area contributed by atoms with Crippen LogP contribution in [0.4, 0.5) is 0 Å². The molecule has 0 spiro atoms. The van der Waals surface area contributed by atoms with Crippen molar-refractivity contribution in [2.75, 3.05) is 6.61 Å². The van der Waals surface area contributed by atoms with Gasteiger partial charge in [0.2, 0.25) is 0 Å². The SMILES string of the molecule is Cc1ccccc1OC[C@@H](O)c1ccc(Cl)cc1. The molecule has 0 amide bonds. The van der Waals surface area contributed by atoms with Gasteiger partial charge in [0.05, 0.1) is 0 Å². The molecule has 1 N–H and O–H groups in total. The highest BCUT2D eigenvalue weighted by Crippen LogP contribution is 2.20. The van der Waals surface area contributed by atoms with Crippen molar-refractivity contribution in [3.63, 3.8) is 0 Å². The Balaban J connectivity index is 1.98. The topological polar surface area (TPSA) is 29.5 Å². The van der Waals surface area contributed by atoms with Crippen LogP contribution >= 0.6 is 11.6 Å². The summed E-state index contributed by atoms with van der Waals surface area (Å²) in [4.78, 5) is 0. The van der Waals surface area contributed by atoms with Gasteiger partial charge in [-0.15, -0.1) is 0 Å². The van der Waals surface area contributed by atoms with Crippen molar-refractivity contribution in [1.29, 1.82) is 0 Å². The summed E-state index contributed by atoms with van der Waals surface area (Å²) in [6.45, 7) is 2.20. The van der Waals surface area contributed by atoms with E-state index in [1.165, 1.54) is 0 Å². The lowest BCUT2D eigenvalue weighted by Gasteiger charge is -2.14. The van der Waals surface area contributed by atoms with E-state index in [2.05, 4.69) is 0 Å². The van der Waals surface area contributed by atoms with Crippen molar-refractivity contribution < 1.29 is 9.84 Å². The number of ether oxygens (including phenoxy) is 1. The second kappa shape index (κ2) is 5.89. The molecule has 0 bridgehead atoms. The maximum Gasteiger partial charge on any atom is 0.122 e. The van der Waals surface area contributed by atoms with Crippen molar-refractivity contribution in [3.05, 3.63) is 64.7 Å². The minimum atomic E-state index is -0.651. The third-order valence-electron chi connectivity index (χ3n) is 2.75. The van der Waals surface area contributed by atoms with E-state index < -0.39 is 6.10 Å².